The first-order valence-electron chi connectivity index (χ1n) is 9.95. The van der Waals surface area contributed by atoms with E-state index in [0.29, 0.717) is 23.5 Å². The number of amides is 2. The van der Waals surface area contributed by atoms with Gasteiger partial charge in [0.05, 0.1) is 25.3 Å². The number of rotatable bonds is 6. The van der Waals surface area contributed by atoms with Crippen LogP contribution in [0.5, 0.6) is 5.75 Å². The Kier molecular flexibility index (Phi) is 5.53. The van der Waals surface area contributed by atoms with Crippen LogP contribution in [0.1, 0.15) is 39.5 Å². The molecule has 5 nitrogen and oxygen atoms in total. The van der Waals surface area contributed by atoms with Crippen LogP contribution in [0.2, 0.25) is 0 Å². The molecule has 0 aromatic heterocycles. The second kappa shape index (κ2) is 8.41. The van der Waals surface area contributed by atoms with Gasteiger partial charge in [-0.15, -0.1) is 0 Å². The van der Waals surface area contributed by atoms with E-state index in [9.17, 15) is 9.59 Å². The molecule has 1 heterocycles. The van der Waals surface area contributed by atoms with Gasteiger partial charge in [-0.2, -0.15) is 0 Å². The number of ether oxygens (including phenoxy) is 1. The minimum absolute atomic E-state index is 0.0405. The highest BCUT2D eigenvalue weighted by Gasteiger charge is 2.34. The standard InChI is InChI=1S/C25H24N2O3/c1-17-11-13-18(14-12-17)22(27-16-19-7-3-4-8-20(19)25(27)29)15-24(28)26-21-9-5-6-10-23(21)30-2/h3-14,22H,15-16H2,1-2H3,(H,26,28)/t22-/m0/s1. The Hall–Kier alpha value is -3.60. The normalized spacial score (nSPS) is 13.7. The van der Waals surface area contributed by atoms with Crippen molar-refractivity contribution >= 4 is 17.5 Å². The molecular formula is C25H24N2O3. The molecule has 3 aromatic rings. The van der Waals surface area contributed by atoms with Gasteiger partial charge in [-0.25, -0.2) is 0 Å². The average Bonchev–Trinajstić information content (AvgIpc) is 3.10. The molecule has 0 spiro atoms. The first-order valence-corrected chi connectivity index (χ1v) is 9.95. The number of methoxy groups -OCH3 is 1. The predicted octanol–water partition coefficient (Wildman–Crippen LogP) is 4.73. The molecule has 0 unspecified atom stereocenters. The largest absolute Gasteiger partial charge is 0.495 e. The van der Waals surface area contributed by atoms with E-state index in [2.05, 4.69) is 5.32 Å². The van der Waals surface area contributed by atoms with Gasteiger partial charge in [0.15, 0.2) is 0 Å². The fourth-order valence-electron chi connectivity index (χ4n) is 3.85. The molecular weight excluding hydrogens is 376 g/mol. The fraction of sp³-hybridized carbons (Fsp3) is 0.200. The number of carbonyl (C=O) groups excluding carboxylic acids is 2. The zero-order valence-corrected chi connectivity index (χ0v) is 17.1. The molecule has 0 fully saturated rings. The average molecular weight is 400 g/mol. The Morgan fingerprint density at radius 2 is 1.73 bits per heavy atom. The van der Waals surface area contributed by atoms with Crippen molar-refractivity contribution in [3.63, 3.8) is 0 Å². The van der Waals surface area contributed by atoms with Crippen LogP contribution in [0, 0.1) is 6.92 Å². The molecule has 0 radical (unpaired) electrons. The number of anilines is 1. The number of benzene rings is 3. The van der Waals surface area contributed by atoms with Gasteiger partial charge in [0.2, 0.25) is 5.91 Å². The van der Waals surface area contributed by atoms with Crippen LogP contribution in [0.3, 0.4) is 0 Å². The number of hydrogen-bond donors (Lipinski definition) is 1. The van der Waals surface area contributed by atoms with E-state index in [1.807, 2.05) is 67.6 Å². The molecule has 3 aromatic carbocycles. The third-order valence-corrected chi connectivity index (χ3v) is 5.45. The summed E-state index contributed by atoms with van der Waals surface area (Å²) in [6.45, 7) is 2.51. The van der Waals surface area contributed by atoms with Crippen molar-refractivity contribution in [1.82, 2.24) is 4.90 Å². The lowest BCUT2D eigenvalue weighted by Crippen LogP contribution is -2.32. The molecule has 1 aliphatic heterocycles. The Bertz CT molecular complexity index is 1080. The summed E-state index contributed by atoms with van der Waals surface area (Å²) in [5.41, 5.74) is 4.39. The van der Waals surface area contributed by atoms with E-state index >= 15 is 0 Å². The molecule has 152 valence electrons. The molecule has 1 atom stereocenters. The van der Waals surface area contributed by atoms with Crippen molar-refractivity contribution in [2.24, 2.45) is 0 Å². The Morgan fingerprint density at radius 3 is 2.47 bits per heavy atom. The summed E-state index contributed by atoms with van der Waals surface area (Å²) in [6, 6.07) is 22.6. The van der Waals surface area contributed by atoms with Crippen LogP contribution < -0.4 is 10.1 Å². The van der Waals surface area contributed by atoms with E-state index in [1.54, 1.807) is 24.1 Å². The zero-order valence-electron chi connectivity index (χ0n) is 17.1. The monoisotopic (exact) mass is 400 g/mol. The van der Waals surface area contributed by atoms with Crippen molar-refractivity contribution < 1.29 is 14.3 Å². The van der Waals surface area contributed by atoms with Crippen LogP contribution in [0.25, 0.3) is 0 Å². The number of carbonyl (C=O) groups is 2. The van der Waals surface area contributed by atoms with Gasteiger partial charge in [-0.3, -0.25) is 9.59 Å². The number of nitrogens with one attached hydrogen (secondary N) is 1. The lowest BCUT2D eigenvalue weighted by molar-refractivity contribution is -0.117. The van der Waals surface area contributed by atoms with Gasteiger partial charge in [0.1, 0.15) is 5.75 Å². The number of aryl methyl sites for hydroxylation is 1. The molecule has 4 rings (SSSR count). The maximum atomic E-state index is 13.1. The molecule has 0 aliphatic carbocycles. The van der Waals surface area contributed by atoms with E-state index in [-0.39, 0.29) is 24.3 Å². The van der Waals surface area contributed by atoms with Gasteiger partial charge in [0, 0.05) is 12.1 Å². The van der Waals surface area contributed by atoms with Crippen LogP contribution >= 0.6 is 0 Å². The second-order valence-electron chi connectivity index (χ2n) is 7.47. The van der Waals surface area contributed by atoms with Gasteiger partial charge in [-0.05, 0) is 36.2 Å². The quantitative estimate of drug-likeness (QED) is 0.651. The maximum absolute atomic E-state index is 13.1. The van der Waals surface area contributed by atoms with Gasteiger partial charge in [-0.1, -0.05) is 60.2 Å². The number of fused-ring (bicyclic) bond motifs is 1. The van der Waals surface area contributed by atoms with E-state index in [0.717, 1.165) is 16.7 Å². The lowest BCUT2D eigenvalue weighted by Gasteiger charge is -2.28. The smallest absolute Gasteiger partial charge is 0.255 e. The number of hydrogen-bond acceptors (Lipinski definition) is 3. The molecule has 1 N–H and O–H groups in total. The van der Waals surface area contributed by atoms with Gasteiger partial charge < -0.3 is 15.0 Å². The van der Waals surface area contributed by atoms with Crippen LogP contribution in [-0.4, -0.2) is 23.8 Å². The van der Waals surface area contributed by atoms with Crippen molar-refractivity contribution in [3.8, 4) is 5.75 Å². The van der Waals surface area contributed by atoms with E-state index in [1.165, 1.54) is 0 Å². The summed E-state index contributed by atoms with van der Waals surface area (Å²) in [4.78, 5) is 27.8. The van der Waals surface area contributed by atoms with Gasteiger partial charge >= 0.3 is 0 Å². The highest BCUT2D eigenvalue weighted by Crippen LogP contribution is 2.34. The molecule has 1 aliphatic rings. The topological polar surface area (TPSA) is 58.6 Å². The zero-order chi connectivity index (χ0) is 21.1. The second-order valence-corrected chi connectivity index (χ2v) is 7.47. The Labute approximate surface area is 176 Å². The third kappa shape index (κ3) is 3.92. The summed E-state index contributed by atoms with van der Waals surface area (Å²) in [6.07, 6.45) is 0.154. The molecule has 2 amide bonds. The van der Waals surface area contributed by atoms with Gasteiger partial charge in [0.25, 0.3) is 5.91 Å². The summed E-state index contributed by atoms with van der Waals surface area (Å²) in [7, 11) is 1.57. The highest BCUT2D eigenvalue weighted by atomic mass is 16.5. The number of para-hydroxylation sites is 2. The molecule has 0 bridgehead atoms. The van der Waals surface area contributed by atoms with Crippen LogP contribution in [0.15, 0.2) is 72.8 Å². The first-order chi connectivity index (χ1) is 14.6. The van der Waals surface area contributed by atoms with Crippen molar-refractivity contribution in [2.45, 2.75) is 25.9 Å². The minimum Gasteiger partial charge on any atom is -0.495 e. The summed E-state index contributed by atoms with van der Waals surface area (Å²) < 4.78 is 5.33. The summed E-state index contributed by atoms with van der Waals surface area (Å²) in [5, 5.41) is 2.93. The number of nitrogens with zero attached hydrogens (tertiary/aromatic N) is 1. The van der Waals surface area contributed by atoms with Crippen molar-refractivity contribution in [1.29, 1.82) is 0 Å². The predicted molar refractivity (Wildman–Crippen MR) is 116 cm³/mol. The fourth-order valence-corrected chi connectivity index (χ4v) is 3.85. The summed E-state index contributed by atoms with van der Waals surface area (Å²) in [5.74, 6) is 0.387. The van der Waals surface area contributed by atoms with Crippen LogP contribution in [0.4, 0.5) is 5.69 Å². The molecule has 0 saturated heterocycles. The highest BCUT2D eigenvalue weighted by molar-refractivity contribution is 5.99. The molecule has 0 saturated carbocycles. The SMILES string of the molecule is COc1ccccc1NC(=O)C[C@@H](c1ccc(C)cc1)N1Cc2ccccc2C1=O. The van der Waals surface area contributed by atoms with E-state index in [4.69, 9.17) is 4.74 Å². The maximum Gasteiger partial charge on any atom is 0.255 e. The Balaban J connectivity index is 1.61. The minimum atomic E-state index is -0.361. The molecule has 30 heavy (non-hydrogen) atoms. The first kappa shape index (κ1) is 19.7. The lowest BCUT2D eigenvalue weighted by atomic mass is 10.00. The van der Waals surface area contributed by atoms with E-state index < -0.39 is 0 Å². The molecule has 5 heteroatoms. The van der Waals surface area contributed by atoms with Crippen LogP contribution in [-0.2, 0) is 11.3 Å². The third-order valence-electron chi connectivity index (χ3n) is 5.45. The summed E-state index contributed by atoms with van der Waals surface area (Å²) >= 11 is 0. The Morgan fingerprint density at radius 1 is 1.03 bits per heavy atom. The van der Waals surface area contributed by atoms with Crippen molar-refractivity contribution in [2.75, 3.05) is 12.4 Å². The van der Waals surface area contributed by atoms with Crippen molar-refractivity contribution in [3.05, 3.63) is 95.1 Å².